The SMILES string of the molecule is CC(Oc1cccc(CO)c1)C(=O)N(C)Cc1ccc(C#N)cc1. The fraction of sp³-hybridized carbons (Fsp3) is 0.263. The Bertz CT molecular complexity index is 735. The second-order valence-electron chi connectivity index (χ2n) is 5.57. The van der Waals surface area contributed by atoms with Gasteiger partial charge in [-0.3, -0.25) is 4.79 Å². The minimum absolute atomic E-state index is 0.0713. The molecule has 0 saturated carbocycles. The van der Waals surface area contributed by atoms with Gasteiger partial charge in [-0.25, -0.2) is 0 Å². The minimum Gasteiger partial charge on any atom is -0.481 e. The predicted molar refractivity (Wildman–Crippen MR) is 90.1 cm³/mol. The van der Waals surface area contributed by atoms with Crippen molar-refractivity contribution in [2.45, 2.75) is 26.2 Å². The molecule has 0 radical (unpaired) electrons. The number of nitriles is 1. The zero-order chi connectivity index (χ0) is 17.5. The number of hydrogen-bond acceptors (Lipinski definition) is 4. The Morgan fingerprint density at radius 3 is 2.58 bits per heavy atom. The van der Waals surface area contributed by atoms with Gasteiger partial charge in [-0.1, -0.05) is 24.3 Å². The maximum atomic E-state index is 12.4. The topological polar surface area (TPSA) is 73.6 Å². The number of ether oxygens (including phenoxy) is 1. The van der Waals surface area contributed by atoms with E-state index < -0.39 is 6.10 Å². The second kappa shape index (κ2) is 8.14. The van der Waals surface area contributed by atoms with Gasteiger partial charge in [0.2, 0.25) is 0 Å². The van der Waals surface area contributed by atoms with E-state index in [9.17, 15) is 4.79 Å². The molecule has 0 aliphatic carbocycles. The molecule has 124 valence electrons. The van der Waals surface area contributed by atoms with Gasteiger partial charge in [0.1, 0.15) is 5.75 Å². The van der Waals surface area contributed by atoms with Crippen molar-refractivity contribution < 1.29 is 14.6 Å². The van der Waals surface area contributed by atoms with Crippen LogP contribution in [0.1, 0.15) is 23.6 Å². The van der Waals surface area contributed by atoms with Crippen LogP contribution in [0, 0.1) is 11.3 Å². The summed E-state index contributed by atoms with van der Waals surface area (Å²) >= 11 is 0. The molecule has 2 aromatic rings. The quantitative estimate of drug-likeness (QED) is 0.886. The van der Waals surface area contributed by atoms with Gasteiger partial charge in [0.25, 0.3) is 5.91 Å². The molecule has 1 atom stereocenters. The lowest BCUT2D eigenvalue weighted by Gasteiger charge is -2.22. The monoisotopic (exact) mass is 324 g/mol. The van der Waals surface area contributed by atoms with E-state index in [4.69, 9.17) is 15.1 Å². The highest BCUT2D eigenvalue weighted by Crippen LogP contribution is 2.16. The van der Waals surface area contributed by atoms with E-state index in [1.807, 2.05) is 12.1 Å². The van der Waals surface area contributed by atoms with E-state index in [0.717, 1.165) is 11.1 Å². The lowest BCUT2D eigenvalue weighted by Crippen LogP contribution is -2.37. The molecule has 0 heterocycles. The first kappa shape index (κ1) is 17.5. The van der Waals surface area contributed by atoms with Crippen molar-refractivity contribution in [1.29, 1.82) is 5.26 Å². The van der Waals surface area contributed by atoms with Crippen LogP contribution in [0.5, 0.6) is 5.75 Å². The van der Waals surface area contributed by atoms with Gasteiger partial charge in [-0.15, -0.1) is 0 Å². The van der Waals surface area contributed by atoms with Gasteiger partial charge in [0.15, 0.2) is 6.10 Å². The van der Waals surface area contributed by atoms with Crippen LogP contribution in [0.3, 0.4) is 0 Å². The first-order valence-corrected chi connectivity index (χ1v) is 7.64. The average Bonchev–Trinajstić information content (AvgIpc) is 2.61. The molecule has 24 heavy (non-hydrogen) atoms. The smallest absolute Gasteiger partial charge is 0.263 e. The van der Waals surface area contributed by atoms with Crippen LogP contribution < -0.4 is 4.74 Å². The van der Waals surface area contributed by atoms with Crippen molar-refractivity contribution in [3.63, 3.8) is 0 Å². The Balaban J connectivity index is 1.97. The van der Waals surface area contributed by atoms with E-state index in [1.54, 1.807) is 55.3 Å². The Kier molecular flexibility index (Phi) is 5.94. The largest absolute Gasteiger partial charge is 0.481 e. The number of aliphatic hydroxyl groups excluding tert-OH is 1. The first-order chi connectivity index (χ1) is 11.5. The highest BCUT2D eigenvalue weighted by molar-refractivity contribution is 5.80. The van der Waals surface area contributed by atoms with Crippen molar-refractivity contribution in [2.24, 2.45) is 0 Å². The van der Waals surface area contributed by atoms with Crippen molar-refractivity contribution in [2.75, 3.05) is 7.05 Å². The normalized spacial score (nSPS) is 11.4. The molecular weight excluding hydrogens is 304 g/mol. The van der Waals surface area contributed by atoms with E-state index in [-0.39, 0.29) is 12.5 Å². The van der Waals surface area contributed by atoms with Gasteiger partial charge in [-0.05, 0) is 42.3 Å². The maximum absolute atomic E-state index is 12.4. The molecule has 0 aromatic heterocycles. The Morgan fingerprint density at radius 1 is 1.25 bits per heavy atom. The van der Waals surface area contributed by atoms with Crippen molar-refractivity contribution in [1.82, 2.24) is 4.90 Å². The molecule has 2 aromatic carbocycles. The van der Waals surface area contributed by atoms with Crippen molar-refractivity contribution in [3.05, 3.63) is 65.2 Å². The third-order valence-corrected chi connectivity index (χ3v) is 3.62. The lowest BCUT2D eigenvalue weighted by molar-refractivity contribution is -0.137. The van der Waals surface area contributed by atoms with Crippen LogP contribution >= 0.6 is 0 Å². The third kappa shape index (κ3) is 4.58. The highest BCUT2D eigenvalue weighted by Gasteiger charge is 2.19. The summed E-state index contributed by atoms with van der Waals surface area (Å²) in [7, 11) is 1.71. The molecule has 1 amide bonds. The Morgan fingerprint density at radius 2 is 1.96 bits per heavy atom. The van der Waals surface area contributed by atoms with Gasteiger partial charge in [0.05, 0.1) is 18.2 Å². The average molecular weight is 324 g/mol. The van der Waals surface area contributed by atoms with Crippen LogP contribution in [-0.4, -0.2) is 29.1 Å². The van der Waals surface area contributed by atoms with E-state index in [0.29, 0.717) is 17.9 Å². The molecular formula is C19H20N2O3. The number of rotatable bonds is 6. The lowest BCUT2D eigenvalue weighted by atomic mass is 10.1. The fourth-order valence-electron chi connectivity index (χ4n) is 2.32. The van der Waals surface area contributed by atoms with Crippen molar-refractivity contribution in [3.8, 4) is 11.8 Å². The Hall–Kier alpha value is -2.84. The van der Waals surface area contributed by atoms with Gasteiger partial charge < -0.3 is 14.7 Å². The minimum atomic E-state index is -0.637. The molecule has 1 N–H and O–H groups in total. The summed E-state index contributed by atoms with van der Waals surface area (Å²) in [6.45, 7) is 2.07. The summed E-state index contributed by atoms with van der Waals surface area (Å²) in [4.78, 5) is 14.0. The molecule has 0 bridgehead atoms. The number of likely N-dealkylation sites (N-methyl/N-ethyl adjacent to an activating group) is 1. The first-order valence-electron chi connectivity index (χ1n) is 7.64. The summed E-state index contributed by atoms with van der Waals surface area (Å²) in [5, 5.41) is 17.9. The zero-order valence-electron chi connectivity index (χ0n) is 13.8. The van der Waals surface area contributed by atoms with Crippen LogP contribution in [0.2, 0.25) is 0 Å². The maximum Gasteiger partial charge on any atom is 0.263 e. The van der Waals surface area contributed by atoms with Gasteiger partial charge in [-0.2, -0.15) is 5.26 Å². The number of nitrogens with zero attached hydrogens (tertiary/aromatic N) is 2. The van der Waals surface area contributed by atoms with Gasteiger partial charge >= 0.3 is 0 Å². The van der Waals surface area contributed by atoms with Crippen LogP contribution in [0.4, 0.5) is 0 Å². The highest BCUT2D eigenvalue weighted by atomic mass is 16.5. The summed E-state index contributed by atoms with van der Waals surface area (Å²) in [6.07, 6.45) is -0.637. The van der Waals surface area contributed by atoms with E-state index in [2.05, 4.69) is 6.07 Å². The number of benzene rings is 2. The molecule has 0 aliphatic heterocycles. The summed E-state index contributed by atoms with van der Waals surface area (Å²) in [5.41, 5.74) is 2.27. The Labute approximate surface area is 141 Å². The number of carbonyl (C=O) groups is 1. The van der Waals surface area contributed by atoms with Crippen LogP contribution in [-0.2, 0) is 17.9 Å². The number of hydrogen-bond donors (Lipinski definition) is 1. The number of carbonyl (C=O) groups excluding carboxylic acids is 1. The predicted octanol–water partition coefficient (Wildman–Crippen LogP) is 2.48. The third-order valence-electron chi connectivity index (χ3n) is 3.62. The van der Waals surface area contributed by atoms with Crippen LogP contribution in [0.15, 0.2) is 48.5 Å². The fourth-order valence-corrected chi connectivity index (χ4v) is 2.32. The molecule has 0 saturated heterocycles. The molecule has 2 rings (SSSR count). The molecule has 5 heteroatoms. The summed E-state index contributed by atoms with van der Waals surface area (Å²) in [5.74, 6) is 0.405. The number of amides is 1. The molecule has 1 unspecified atom stereocenters. The zero-order valence-corrected chi connectivity index (χ0v) is 13.8. The molecule has 0 fully saturated rings. The summed E-state index contributed by atoms with van der Waals surface area (Å²) < 4.78 is 5.67. The standard InChI is InChI=1S/C19H20N2O3/c1-14(24-18-5-3-4-17(10-18)13-22)19(23)21(2)12-16-8-6-15(11-20)7-9-16/h3-10,14,22H,12-13H2,1-2H3. The van der Waals surface area contributed by atoms with Gasteiger partial charge in [0, 0.05) is 13.6 Å². The van der Waals surface area contributed by atoms with Crippen LogP contribution in [0.25, 0.3) is 0 Å². The molecule has 0 aliphatic rings. The second-order valence-corrected chi connectivity index (χ2v) is 5.57. The molecule has 0 spiro atoms. The van der Waals surface area contributed by atoms with E-state index >= 15 is 0 Å². The molecule has 5 nitrogen and oxygen atoms in total. The number of aliphatic hydroxyl groups is 1. The summed E-state index contributed by atoms with van der Waals surface area (Å²) in [6, 6.07) is 16.2. The van der Waals surface area contributed by atoms with Crippen molar-refractivity contribution >= 4 is 5.91 Å². The van der Waals surface area contributed by atoms with E-state index in [1.165, 1.54) is 0 Å².